The lowest BCUT2D eigenvalue weighted by atomic mass is 10.2. The molecule has 0 saturated heterocycles. The van der Waals surface area contributed by atoms with Crippen LogP contribution < -0.4 is 0 Å². The fourth-order valence-electron chi connectivity index (χ4n) is 0.991. The molecule has 0 aliphatic carbocycles. The second-order valence-corrected chi connectivity index (χ2v) is 3.07. The van der Waals surface area contributed by atoms with Gasteiger partial charge < -0.3 is 0 Å². The Labute approximate surface area is 91.0 Å². The molecule has 0 amide bonds. The summed E-state index contributed by atoms with van der Waals surface area (Å²) in [7, 11) is 0. The molecule has 0 fully saturated rings. The molecule has 1 heterocycles. The lowest BCUT2D eigenvalue weighted by molar-refractivity contribution is -0.141. The molecule has 0 saturated carbocycles. The summed E-state index contributed by atoms with van der Waals surface area (Å²) < 4.78 is 74.1. The van der Waals surface area contributed by atoms with Crippen molar-refractivity contribution < 1.29 is 26.3 Å². The van der Waals surface area contributed by atoms with Gasteiger partial charge in [0.2, 0.25) is 0 Å². The normalized spacial score (nSPS) is 12.2. The third-order valence-corrected chi connectivity index (χ3v) is 1.99. The van der Waals surface area contributed by atoms with E-state index in [2.05, 4.69) is 4.98 Å². The summed E-state index contributed by atoms with van der Waals surface area (Å²) in [5, 5.41) is 0. The van der Waals surface area contributed by atoms with E-state index in [4.69, 9.17) is 11.6 Å². The highest BCUT2D eigenvalue weighted by molar-refractivity contribution is 6.17. The summed E-state index contributed by atoms with van der Waals surface area (Å²) in [6.07, 6.45) is -8.35. The van der Waals surface area contributed by atoms with Gasteiger partial charge in [0.05, 0.1) is 5.88 Å². The van der Waals surface area contributed by atoms with Gasteiger partial charge in [0.15, 0.2) is 5.82 Å². The van der Waals surface area contributed by atoms with Crippen molar-refractivity contribution in [3.8, 4) is 0 Å². The van der Waals surface area contributed by atoms with Gasteiger partial charge in [0.25, 0.3) is 6.43 Å². The summed E-state index contributed by atoms with van der Waals surface area (Å²) in [6.45, 7) is 0. The fraction of sp³-hybridized carbons (Fsp3) is 0.375. The number of hydrogen-bond acceptors (Lipinski definition) is 1. The topological polar surface area (TPSA) is 12.9 Å². The second-order valence-electron chi connectivity index (χ2n) is 2.80. The zero-order valence-electron chi connectivity index (χ0n) is 7.45. The van der Waals surface area contributed by atoms with Crippen LogP contribution in [-0.2, 0) is 12.1 Å². The maximum atomic E-state index is 13.1. The number of aromatic nitrogens is 1. The van der Waals surface area contributed by atoms with Gasteiger partial charge in [-0.25, -0.2) is 18.2 Å². The van der Waals surface area contributed by atoms with Crippen LogP contribution in [0.25, 0.3) is 0 Å². The van der Waals surface area contributed by atoms with Crippen LogP contribution in [0.15, 0.2) is 6.07 Å². The predicted octanol–water partition coefficient (Wildman–Crippen LogP) is 3.92. The third-order valence-electron chi connectivity index (χ3n) is 1.70. The number of nitrogens with zero attached hydrogens (tertiary/aromatic N) is 1. The van der Waals surface area contributed by atoms with E-state index in [1.807, 2.05) is 0 Å². The van der Waals surface area contributed by atoms with Crippen molar-refractivity contribution in [2.45, 2.75) is 18.5 Å². The van der Waals surface area contributed by atoms with E-state index in [1.165, 1.54) is 0 Å². The van der Waals surface area contributed by atoms with Gasteiger partial charge in [-0.2, -0.15) is 13.2 Å². The SMILES string of the molecule is Fc1c(CCl)cc(C(F)(F)F)nc1C(F)F. The first-order chi connectivity index (χ1) is 7.27. The molecule has 0 aliphatic rings. The lowest BCUT2D eigenvalue weighted by Gasteiger charge is -2.11. The summed E-state index contributed by atoms with van der Waals surface area (Å²) in [6, 6.07) is 0.314. The number of alkyl halides is 6. The Morgan fingerprint density at radius 1 is 1.31 bits per heavy atom. The summed E-state index contributed by atoms with van der Waals surface area (Å²) in [5.74, 6) is -2.14. The molecule has 90 valence electrons. The predicted molar refractivity (Wildman–Crippen MR) is 43.7 cm³/mol. The molecular weight excluding hydrogens is 260 g/mol. The highest BCUT2D eigenvalue weighted by Crippen LogP contribution is 2.32. The molecule has 0 atom stereocenters. The molecule has 0 N–H and O–H groups in total. The largest absolute Gasteiger partial charge is 0.433 e. The van der Waals surface area contributed by atoms with Gasteiger partial charge in [-0.05, 0) is 6.07 Å². The number of halogens is 7. The minimum absolute atomic E-state index is 0.314. The van der Waals surface area contributed by atoms with Crippen LogP contribution in [0.2, 0.25) is 0 Å². The molecule has 1 nitrogen and oxygen atoms in total. The smallest absolute Gasteiger partial charge is 0.239 e. The van der Waals surface area contributed by atoms with Crippen LogP contribution in [-0.4, -0.2) is 4.98 Å². The van der Waals surface area contributed by atoms with Crippen molar-refractivity contribution in [2.24, 2.45) is 0 Å². The van der Waals surface area contributed by atoms with Crippen LogP contribution >= 0.6 is 11.6 Å². The Bertz CT molecular complexity index is 389. The first-order valence-electron chi connectivity index (χ1n) is 3.88. The molecule has 8 heteroatoms. The van der Waals surface area contributed by atoms with Crippen molar-refractivity contribution >= 4 is 11.6 Å². The van der Waals surface area contributed by atoms with Crippen LogP contribution in [0, 0.1) is 5.82 Å². The van der Waals surface area contributed by atoms with Gasteiger partial charge in [0.1, 0.15) is 11.4 Å². The Balaban J connectivity index is 3.40. The minimum Gasteiger partial charge on any atom is -0.239 e. The monoisotopic (exact) mass is 263 g/mol. The highest BCUT2D eigenvalue weighted by atomic mass is 35.5. The first-order valence-corrected chi connectivity index (χ1v) is 4.41. The molecular formula is C8H4ClF6N. The van der Waals surface area contributed by atoms with Crippen LogP contribution in [0.5, 0.6) is 0 Å². The third kappa shape index (κ3) is 2.58. The minimum atomic E-state index is -4.92. The maximum absolute atomic E-state index is 13.1. The number of rotatable bonds is 2. The van der Waals surface area contributed by atoms with Crippen LogP contribution in [0.1, 0.15) is 23.4 Å². The van der Waals surface area contributed by atoms with Crippen molar-refractivity contribution in [3.63, 3.8) is 0 Å². The van der Waals surface area contributed by atoms with Gasteiger partial charge >= 0.3 is 6.18 Å². The highest BCUT2D eigenvalue weighted by Gasteiger charge is 2.35. The van der Waals surface area contributed by atoms with Crippen LogP contribution in [0.3, 0.4) is 0 Å². The fourth-order valence-corrected chi connectivity index (χ4v) is 1.19. The van der Waals surface area contributed by atoms with Gasteiger partial charge in [-0.15, -0.1) is 11.6 Å². The number of hydrogen-bond donors (Lipinski definition) is 0. The average molecular weight is 264 g/mol. The molecule has 0 aromatic carbocycles. The van der Waals surface area contributed by atoms with Gasteiger partial charge in [0, 0.05) is 5.56 Å². The molecule has 1 rings (SSSR count). The average Bonchev–Trinajstić information content (AvgIpc) is 2.15. The van der Waals surface area contributed by atoms with E-state index >= 15 is 0 Å². The molecule has 1 aromatic heterocycles. The maximum Gasteiger partial charge on any atom is 0.433 e. The molecule has 0 bridgehead atoms. The van der Waals surface area contributed by atoms with Crippen molar-refractivity contribution in [2.75, 3.05) is 0 Å². The molecule has 0 unspecified atom stereocenters. The Morgan fingerprint density at radius 2 is 1.88 bits per heavy atom. The van der Waals surface area contributed by atoms with Crippen molar-refractivity contribution in [1.82, 2.24) is 4.98 Å². The zero-order valence-corrected chi connectivity index (χ0v) is 8.21. The molecule has 1 aromatic rings. The van der Waals surface area contributed by atoms with Crippen molar-refractivity contribution in [3.05, 3.63) is 28.8 Å². The van der Waals surface area contributed by atoms with E-state index < -0.39 is 41.3 Å². The summed E-state index contributed by atoms with van der Waals surface area (Å²) >= 11 is 5.15. The van der Waals surface area contributed by atoms with Crippen LogP contribution in [0.4, 0.5) is 26.3 Å². The second kappa shape index (κ2) is 4.48. The van der Waals surface area contributed by atoms with E-state index in [-0.39, 0.29) is 0 Å². The molecule has 0 radical (unpaired) electrons. The Kier molecular flexibility index (Phi) is 3.67. The van der Waals surface area contributed by atoms with E-state index in [1.54, 1.807) is 0 Å². The van der Waals surface area contributed by atoms with E-state index in [0.29, 0.717) is 6.07 Å². The van der Waals surface area contributed by atoms with E-state index in [9.17, 15) is 26.3 Å². The lowest BCUT2D eigenvalue weighted by Crippen LogP contribution is -2.13. The molecule has 0 spiro atoms. The van der Waals surface area contributed by atoms with Gasteiger partial charge in [-0.3, -0.25) is 0 Å². The van der Waals surface area contributed by atoms with E-state index in [0.717, 1.165) is 0 Å². The van der Waals surface area contributed by atoms with Crippen molar-refractivity contribution in [1.29, 1.82) is 0 Å². The quantitative estimate of drug-likeness (QED) is 0.582. The first kappa shape index (κ1) is 13.1. The standard InChI is InChI=1S/C8H4ClF6N/c9-2-3-1-4(8(13,14)15)16-6(5(3)10)7(11)12/h1,7H,2H2. The molecule has 0 aliphatic heterocycles. The Hall–Kier alpha value is -0.980. The summed E-state index contributed by atoms with van der Waals surface area (Å²) in [5.41, 5.74) is -3.77. The number of pyridine rings is 1. The van der Waals surface area contributed by atoms with Gasteiger partial charge in [-0.1, -0.05) is 0 Å². The molecule has 16 heavy (non-hydrogen) atoms. The summed E-state index contributed by atoms with van der Waals surface area (Å²) in [4.78, 5) is 2.54. The Morgan fingerprint density at radius 3 is 2.25 bits per heavy atom. The zero-order chi connectivity index (χ0) is 12.5.